The summed E-state index contributed by atoms with van der Waals surface area (Å²) in [5.41, 5.74) is 1.10. The first kappa shape index (κ1) is 13.6. The Kier molecular flexibility index (Phi) is 4.32. The molecule has 2 fully saturated rings. The van der Waals surface area contributed by atoms with Crippen molar-refractivity contribution in [3.63, 3.8) is 0 Å². The molecule has 2 aliphatic rings. The maximum absolute atomic E-state index is 12.2. The van der Waals surface area contributed by atoms with Gasteiger partial charge in [-0.1, -0.05) is 0 Å². The number of amides is 1. The smallest absolute Gasteiger partial charge is 0.251 e. The number of aromatic nitrogens is 2. The number of likely N-dealkylation sites (tertiary alicyclic amines) is 1. The van der Waals surface area contributed by atoms with Gasteiger partial charge >= 0.3 is 0 Å². The van der Waals surface area contributed by atoms with E-state index in [9.17, 15) is 4.79 Å². The van der Waals surface area contributed by atoms with Crippen LogP contribution in [0.3, 0.4) is 0 Å². The van der Waals surface area contributed by atoms with E-state index in [-0.39, 0.29) is 12.0 Å². The van der Waals surface area contributed by atoms with Crippen LogP contribution in [-0.2, 0) is 16.1 Å². The van der Waals surface area contributed by atoms with Crippen molar-refractivity contribution in [3.05, 3.63) is 18.0 Å². The number of piperidine rings is 1. The number of carbonyl (C=O) groups excluding carboxylic acids is 1. The van der Waals surface area contributed by atoms with E-state index < -0.39 is 0 Å². The van der Waals surface area contributed by atoms with Crippen LogP contribution in [0.2, 0.25) is 0 Å². The number of nitrogens with one attached hydrogen (secondary N) is 2. The topological polar surface area (TPSA) is 70.2 Å². The molecule has 0 aliphatic carbocycles. The molecule has 0 bridgehead atoms. The summed E-state index contributed by atoms with van der Waals surface area (Å²) in [5, 5.41) is 10.4. The quantitative estimate of drug-likeness (QED) is 0.849. The molecule has 2 N–H and O–H groups in total. The van der Waals surface area contributed by atoms with Gasteiger partial charge in [0.25, 0.3) is 5.91 Å². The van der Waals surface area contributed by atoms with E-state index in [2.05, 4.69) is 15.5 Å². The summed E-state index contributed by atoms with van der Waals surface area (Å²) in [4.78, 5) is 14.2. The van der Waals surface area contributed by atoms with Crippen molar-refractivity contribution >= 4 is 5.91 Å². The minimum atomic E-state index is -0.176. The zero-order valence-corrected chi connectivity index (χ0v) is 11.7. The van der Waals surface area contributed by atoms with E-state index in [0.29, 0.717) is 6.04 Å². The van der Waals surface area contributed by atoms with E-state index in [4.69, 9.17) is 4.74 Å². The van der Waals surface area contributed by atoms with Crippen LogP contribution in [0.25, 0.3) is 0 Å². The molecule has 1 atom stereocenters. The van der Waals surface area contributed by atoms with Crippen LogP contribution in [0.1, 0.15) is 31.4 Å². The van der Waals surface area contributed by atoms with E-state index in [0.717, 1.165) is 57.6 Å². The fraction of sp³-hybridized carbons (Fsp3) is 0.714. The Morgan fingerprint density at radius 3 is 2.95 bits per heavy atom. The van der Waals surface area contributed by atoms with Crippen LogP contribution < -0.4 is 5.32 Å². The first-order chi connectivity index (χ1) is 9.83. The van der Waals surface area contributed by atoms with Crippen molar-refractivity contribution in [1.82, 2.24) is 20.4 Å². The molecule has 3 rings (SSSR count). The molecule has 2 saturated heterocycles. The number of nitrogens with zero attached hydrogens (tertiary/aromatic N) is 2. The predicted octanol–water partition coefficient (Wildman–Crippen LogP) is 0.669. The van der Waals surface area contributed by atoms with Gasteiger partial charge in [0, 0.05) is 44.2 Å². The lowest BCUT2D eigenvalue weighted by Gasteiger charge is -2.33. The van der Waals surface area contributed by atoms with Gasteiger partial charge in [0.1, 0.15) is 6.10 Å². The molecule has 0 unspecified atom stereocenters. The monoisotopic (exact) mass is 278 g/mol. The summed E-state index contributed by atoms with van der Waals surface area (Å²) < 4.78 is 5.47. The highest BCUT2D eigenvalue weighted by Crippen LogP contribution is 2.18. The molecular weight excluding hydrogens is 256 g/mol. The summed E-state index contributed by atoms with van der Waals surface area (Å²) in [7, 11) is 0. The van der Waals surface area contributed by atoms with E-state index in [1.807, 2.05) is 11.0 Å². The lowest BCUT2D eigenvalue weighted by Crippen LogP contribution is -2.47. The van der Waals surface area contributed by atoms with Crippen molar-refractivity contribution in [1.29, 1.82) is 0 Å². The lowest BCUT2D eigenvalue weighted by molar-refractivity contribution is -0.142. The van der Waals surface area contributed by atoms with E-state index in [1.54, 1.807) is 6.20 Å². The Morgan fingerprint density at radius 1 is 1.45 bits per heavy atom. The minimum absolute atomic E-state index is 0.176. The zero-order valence-electron chi connectivity index (χ0n) is 11.7. The Labute approximate surface area is 118 Å². The highest BCUT2D eigenvalue weighted by atomic mass is 16.5. The van der Waals surface area contributed by atoms with Gasteiger partial charge in [-0.15, -0.1) is 0 Å². The molecule has 1 amide bonds. The van der Waals surface area contributed by atoms with Crippen LogP contribution in [0, 0.1) is 0 Å². The second-order valence-electron chi connectivity index (χ2n) is 5.56. The van der Waals surface area contributed by atoms with Crippen LogP contribution in [-0.4, -0.2) is 52.8 Å². The number of aromatic amines is 1. The number of H-pyrrole nitrogens is 1. The Balaban J connectivity index is 1.41. The molecule has 0 radical (unpaired) electrons. The third-order valence-corrected chi connectivity index (χ3v) is 4.15. The summed E-state index contributed by atoms with van der Waals surface area (Å²) in [5.74, 6) is 0.189. The third kappa shape index (κ3) is 3.19. The summed E-state index contributed by atoms with van der Waals surface area (Å²) >= 11 is 0. The molecule has 6 heteroatoms. The second kappa shape index (κ2) is 6.37. The largest absolute Gasteiger partial charge is 0.368 e. The summed E-state index contributed by atoms with van der Waals surface area (Å²) in [6, 6.07) is 2.45. The predicted molar refractivity (Wildman–Crippen MR) is 74.0 cm³/mol. The van der Waals surface area contributed by atoms with Gasteiger partial charge in [0.2, 0.25) is 0 Å². The molecule has 0 spiro atoms. The van der Waals surface area contributed by atoms with Crippen LogP contribution in [0.4, 0.5) is 0 Å². The third-order valence-electron chi connectivity index (χ3n) is 4.15. The first-order valence-electron chi connectivity index (χ1n) is 7.45. The highest BCUT2D eigenvalue weighted by molar-refractivity contribution is 5.81. The molecule has 6 nitrogen and oxygen atoms in total. The first-order valence-corrected chi connectivity index (χ1v) is 7.45. The van der Waals surface area contributed by atoms with E-state index in [1.165, 1.54) is 0 Å². The molecule has 3 heterocycles. The maximum atomic E-state index is 12.2. The Hall–Kier alpha value is -1.40. The molecule has 110 valence electrons. The molecule has 2 aliphatic heterocycles. The average Bonchev–Trinajstić information content (AvgIpc) is 3.18. The van der Waals surface area contributed by atoms with Gasteiger partial charge in [-0.25, -0.2) is 0 Å². The van der Waals surface area contributed by atoms with Crippen molar-refractivity contribution in [2.75, 3.05) is 19.7 Å². The molecule has 0 aromatic carbocycles. The maximum Gasteiger partial charge on any atom is 0.251 e. The molecule has 0 saturated carbocycles. The SMILES string of the molecule is O=C([C@@H]1CCCO1)N1CCC(NCc2ccn[nH]2)CC1. The normalized spacial score (nSPS) is 24.2. The van der Waals surface area contributed by atoms with Gasteiger partial charge in [0.05, 0.1) is 0 Å². The standard InChI is InChI=1S/C14H22N4O2/c19-14(13-2-1-9-20-13)18-7-4-11(5-8-18)15-10-12-3-6-16-17-12/h3,6,11,13,15H,1-2,4-5,7-10H2,(H,16,17)/t13-/m0/s1. The van der Waals surface area contributed by atoms with Crippen LogP contribution in [0.5, 0.6) is 0 Å². The van der Waals surface area contributed by atoms with Crippen LogP contribution in [0.15, 0.2) is 12.3 Å². The number of carbonyl (C=O) groups is 1. The fourth-order valence-electron chi connectivity index (χ4n) is 2.92. The minimum Gasteiger partial charge on any atom is -0.368 e. The summed E-state index contributed by atoms with van der Waals surface area (Å²) in [6.07, 6.45) is 5.50. The lowest BCUT2D eigenvalue weighted by atomic mass is 10.0. The van der Waals surface area contributed by atoms with Gasteiger partial charge in [-0.05, 0) is 31.7 Å². The van der Waals surface area contributed by atoms with Gasteiger partial charge in [0.15, 0.2) is 0 Å². The average molecular weight is 278 g/mol. The number of hydrogen-bond acceptors (Lipinski definition) is 4. The zero-order chi connectivity index (χ0) is 13.8. The van der Waals surface area contributed by atoms with Crippen LogP contribution >= 0.6 is 0 Å². The Bertz CT molecular complexity index is 420. The molecule has 1 aromatic rings. The molecular formula is C14H22N4O2. The second-order valence-corrected chi connectivity index (χ2v) is 5.56. The summed E-state index contributed by atoms with van der Waals surface area (Å²) in [6.45, 7) is 3.21. The van der Waals surface area contributed by atoms with Gasteiger partial charge in [-0.2, -0.15) is 5.10 Å². The molecule has 1 aromatic heterocycles. The van der Waals surface area contributed by atoms with Crippen molar-refractivity contribution in [3.8, 4) is 0 Å². The van der Waals surface area contributed by atoms with Crippen molar-refractivity contribution in [2.24, 2.45) is 0 Å². The number of hydrogen-bond donors (Lipinski definition) is 2. The highest BCUT2D eigenvalue weighted by Gasteiger charge is 2.30. The van der Waals surface area contributed by atoms with Gasteiger partial charge < -0.3 is 15.0 Å². The van der Waals surface area contributed by atoms with Crippen molar-refractivity contribution in [2.45, 2.75) is 44.4 Å². The fourth-order valence-corrected chi connectivity index (χ4v) is 2.92. The molecule has 20 heavy (non-hydrogen) atoms. The van der Waals surface area contributed by atoms with Gasteiger partial charge in [-0.3, -0.25) is 9.89 Å². The number of rotatable bonds is 4. The Morgan fingerprint density at radius 2 is 2.30 bits per heavy atom. The van der Waals surface area contributed by atoms with Crippen molar-refractivity contribution < 1.29 is 9.53 Å². The number of ether oxygens (including phenoxy) is 1. The van der Waals surface area contributed by atoms with E-state index >= 15 is 0 Å².